The number of allylic oxidation sites excluding steroid dienone is 1. The summed E-state index contributed by atoms with van der Waals surface area (Å²) in [5.41, 5.74) is 5.34. The van der Waals surface area contributed by atoms with Crippen LogP contribution in [0.5, 0.6) is 0 Å². The van der Waals surface area contributed by atoms with Crippen molar-refractivity contribution in [3.05, 3.63) is 52.7 Å². The first kappa shape index (κ1) is 19.8. The first-order valence-corrected chi connectivity index (χ1v) is 11.3. The third kappa shape index (κ3) is 4.56. The Hall–Kier alpha value is -2.54. The maximum atomic E-state index is 12.6. The van der Waals surface area contributed by atoms with E-state index in [1.165, 1.54) is 18.4 Å². The van der Waals surface area contributed by atoms with Crippen LogP contribution in [0.3, 0.4) is 0 Å². The van der Waals surface area contributed by atoms with Crippen LogP contribution in [0.2, 0.25) is 0 Å². The Balaban J connectivity index is 1.45. The highest BCUT2D eigenvalue weighted by molar-refractivity contribution is 7.98. The Bertz CT molecular complexity index is 964. The predicted molar refractivity (Wildman–Crippen MR) is 116 cm³/mol. The second-order valence-corrected chi connectivity index (χ2v) is 8.57. The summed E-state index contributed by atoms with van der Waals surface area (Å²) in [6, 6.07) is 7.95. The van der Waals surface area contributed by atoms with Gasteiger partial charge in [-0.05, 0) is 56.7 Å². The molecule has 6 nitrogen and oxygen atoms in total. The van der Waals surface area contributed by atoms with Crippen LogP contribution in [0, 0.1) is 6.92 Å². The number of nitrogens with zero attached hydrogens (tertiary/aromatic N) is 2. The van der Waals surface area contributed by atoms with E-state index in [0.717, 1.165) is 53.3 Å². The average Bonchev–Trinajstić information content (AvgIpc) is 3.31. The number of hydrogen-bond donors (Lipinski definition) is 2. The summed E-state index contributed by atoms with van der Waals surface area (Å²) in [5, 5.41) is 10.2. The van der Waals surface area contributed by atoms with E-state index < -0.39 is 11.8 Å². The lowest BCUT2D eigenvalue weighted by molar-refractivity contribution is -0.136. The SMILES string of the molecule is Cc1cccc(-n2nc3c(c2NC(=O)C(=O)NCCC2=CCCCC2)CSC3)c1. The zero-order valence-corrected chi connectivity index (χ0v) is 17.5. The number of carbonyl (C=O) groups excluding carboxylic acids is 2. The van der Waals surface area contributed by atoms with Crippen LogP contribution in [0.25, 0.3) is 5.69 Å². The third-order valence-corrected chi connectivity index (χ3v) is 6.32. The molecule has 0 atom stereocenters. The van der Waals surface area contributed by atoms with Gasteiger partial charge in [0.25, 0.3) is 0 Å². The molecule has 1 aromatic heterocycles. The summed E-state index contributed by atoms with van der Waals surface area (Å²) in [5.74, 6) is 0.963. The van der Waals surface area contributed by atoms with Crippen LogP contribution < -0.4 is 10.6 Å². The van der Waals surface area contributed by atoms with Crippen LogP contribution in [0.15, 0.2) is 35.9 Å². The van der Waals surface area contributed by atoms with E-state index in [0.29, 0.717) is 12.4 Å². The van der Waals surface area contributed by atoms with Crippen LogP contribution in [0.1, 0.15) is 48.9 Å². The van der Waals surface area contributed by atoms with Crippen molar-refractivity contribution >= 4 is 29.4 Å². The second kappa shape index (κ2) is 8.86. The normalized spacial score (nSPS) is 15.6. The Morgan fingerprint density at radius 1 is 1.21 bits per heavy atom. The molecule has 0 spiro atoms. The van der Waals surface area contributed by atoms with Gasteiger partial charge in [-0.3, -0.25) is 9.59 Å². The Kier molecular flexibility index (Phi) is 6.04. The first-order chi connectivity index (χ1) is 14.1. The van der Waals surface area contributed by atoms with E-state index in [4.69, 9.17) is 0 Å². The van der Waals surface area contributed by atoms with Gasteiger partial charge in [0.05, 0.1) is 11.4 Å². The average molecular weight is 411 g/mol. The zero-order chi connectivity index (χ0) is 20.2. The largest absolute Gasteiger partial charge is 0.348 e. The number of benzene rings is 1. The minimum absolute atomic E-state index is 0.489. The lowest BCUT2D eigenvalue weighted by Crippen LogP contribution is -2.36. The number of amides is 2. The van der Waals surface area contributed by atoms with Gasteiger partial charge in [0.2, 0.25) is 0 Å². The Morgan fingerprint density at radius 2 is 2.10 bits per heavy atom. The molecule has 0 unspecified atom stereocenters. The quantitative estimate of drug-likeness (QED) is 0.579. The summed E-state index contributed by atoms with van der Waals surface area (Å²) in [6.07, 6.45) is 7.75. The van der Waals surface area contributed by atoms with E-state index in [2.05, 4.69) is 21.8 Å². The summed E-state index contributed by atoms with van der Waals surface area (Å²) in [6.45, 7) is 2.51. The van der Waals surface area contributed by atoms with Crippen molar-refractivity contribution in [1.29, 1.82) is 0 Å². The lowest BCUT2D eigenvalue weighted by atomic mass is 9.97. The van der Waals surface area contributed by atoms with Crippen LogP contribution in [0.4, 0.5) is 5.82 Å². The monoisotopic (exact) mass is 410 g/mol. The van der Waals surface area contributed by atoms with E-state index in [1.54, 1.807) is 16.4 Å². The van der Waals surface area contributed by atoms with Crippen LogP contribution >= 0.6 is 11.8 Å². The van der Waals surface area contributed by atoms with Crippen molar-refractivity contribution in [2.45, 2.75) is 50.5 Å². The summed E-state index contributed by atoms with van der Waals surface area (Å²) < 4.78 is 1.75. The van der Waals surface area contributed by atoms with Crippen molar-refractivity contribution in [2.75, 3.05) is 11.9 Å². The molecule has 0 bridgehead atoms. The van der Waals surface area contributed by atoms with Crippen molar-refractivity contribution in [3.63, 3.8) is 0 Å². The fourth-order valence-corrected chi connectivity index (χ4v) is 4.84. The molecule has 152 valence electrons. The maximum Gasteiger partial charge on any atom is 0.314 e. The number of carbonyl (C=O) groups is 2. The molecule has 0 saturated heterocycles. The van der Waals surface area contributed by atoms with Gasteiger partial charge >= 0.3 is 11.8 Å². The zero-order valence-electron chi connectivity index (χ0n) is 16.7. The van der Waals surface area contributed by atoms with Gasteiger partial charge in [0.1, 0.15) is 5.82 Å². The number of rotatable bonds is 5. The predicted octanol–water partition coefficient (Wildman–Crippen LogP) is 3.87. The smallest absolute Gasteiger partial charge is 0.314 e. The van der Waals surface area contributed by atoms with Gasteiger partial charge in [0.15, 0.2) is 0 Å². The topological polar surface area (TPSA) is 76.0 Å². The standard InChI is InChI=1S/C22H26N4O2S/c1-15-6-5-9-17(12-15)26-20(18-13-29-14-19(18)25-26)24-22(28)21(27)23-11-10-16-7-3-2-4-8-16/h5-7,9,12H,2-4,8,10-11,13-14H2,1H3,(H,23,27)(H,24,28). The molecular formula is C22H26N4O2S. The number of fused-ring (bicyclic) bond motifs is 1. The van der Waals surface area contributed by atoms with Crippen LogP contribution in [-0.4, -0.2) is 28.1 Å². The van der Waals surface area contributed by atoms with E-state index >= 15 is 0 Å². The van der Waals surface area contributed by atoms with Gasteiger partial charge in [-0.15, -0.1) is 0 Å². The first-order valence-electron chi connectivity index (χ1n) is 10.1. The molecular weight excluding hydrogens is 384 g/mol. The minimum Gasteiger partial charge on any atom is -0.348 e. The Labute approximate surface area is 175 Å². The van der Waals surface area contributed by atoms with E-state index in [1.807, 2.05) is 31.2 Å². The molecule has 1 aliphatic carbocycles. The third-order valence-electron chi connectivity index (χ3n) is 5.35. The molecule has 2 heterocycles. The second-order valence-electron chi connectivity index (χ2n) is 7.59. The summed E-state index contributed by atoms with van der Waals surface area (Å²) >= 11 is 1.76. The highest BCUT2D eigenvalue weighted by Crippen LogP contribution is 2.36. The molecule has 29 heavy (non-hydrogen) atoms. The highest BCUT2D eigenvalue weighted by atomic mass is 32.2. The molecule has 1 aliphatic heterocycles. The molecule has 0 saturated carbocycles. The number of aryl methyl sites for hydroxylation is 1. The molecule has 1 aromatic carbocycles. The molecule has 2 aromatic rings. The van der Waals surface area contributed by atoms with Gasteiger partial charge in [-0.1, -0.05) is 23.8 Å². The molecule has 0 radical (unpaired) electrons. The fourth-order valence-electron chi connectivity index (χ4n) is 3.80. The summed E-state index contributed by atoms with van der Waals surface area (Å²) in [7, 11) is 0. The lowest BCUT2D eigenvalue weighted by Gasteiger charge is -2.13. The molecule has 2 N–H and O–H groups in total. The Morgan fingerprint density at radius 3 is 2.90 bits per heavy atom. The van der Waals surface area contributed by atoms with Gasteiger partial charge in [0, 0.05) is 23.6 Å². The fraction of sp³-hybridized carbons (Fsp3) is 0.409. The van der Waals surface area contributed by atoms with Crippen molar-refractivity contribution in [1.82, 2.24) is 15.1 Å². The molecule has 2 aliphatic rings. The number of aromatic nitrogens is 2. The van der Waals surface area contributed by atoms with E-state index in [-0.39, 0.29) is 0 Å². The number of anilines is 1. The number of hydrogen-bond acceptors (Lipinski definition) is 4. The number of nitrogens with one attached hydrogen (secondary N) is 2. The van der Waals surface area contributed by atoms with Gasteiger partial charge < -0.3 is 10.6 Å². The molecule has 0 fully saturated rings. The molecule has 7 heteroatoms. The van der Waals surface area contributed by atoms with Gasteiger partial charge in [-0.2, -0.15) is 16.9 Å². The minimum atomic E-state index is -0.642. The van der Waals surface area contributed by atoms with Crippen molar-refractivity contribution in [3.8, 4) is 5.69 Å². The summed E-state index contributed by atoms with van der Waals surface area (Å²) in [4.78, 5) is 24.9. The molecule has 2 amide bonds. The van der Waals surface area contributed by atoms with E-state index in [9.17, 15) is 9.59 Å². The number of thioether (sulfide) groups is 1. The van der Waals surface area contributed by atoms with Crippen molar-refractivity contribution < 1.29 is 9.59 Å². The maximum absolute atomic E-state index is 12.6. The van der Waals surface area contributed by atoms with Crippen LogP contribution in [-0.2, 0) is 21.1 Å². The highest BCUT2D eigenvalue weighted by Gasteiger charge is 2.26. The van der Waals surface area contributed by atoms with Crippen molar-refractivity contribution in [2.24, 2.45) is 0 Å². The molecule has 4 rings (SSSR count). The van der Waals surface area contributed by atoms with Gasteiger partial charge in [-0.25, -0.2) is 4.68 Å².